The maximum atomic E-state index is 12.3. The van der Waals surface area contributed by atoms with E-state index in [1.54, 1.807) is 31.6 Å². The second kappa shape index (κ2) is 8.16. The van der Waals surface area contributed by atoms with Gasteiger partial charge in [-0.15, -0.1) is 0 Å². The molecule has 9 nitrogen and oxygen atoms in total. The zero-order valence-electron chi connectivity index (χ0n) is 16.8. The summed E-state index contributed by atoms with van der Waals surface area (Å²) in [6, 6.07) is 13.2. The van der Waals surface area contributed by atoms with Gasteiger partial charge in [0.15, 0.2) is 0 Å². The molecule has 0 amide bonds. The van der Waals surface area contributed by atoms with E-state index in [2.05, 4.69) is 20.4 Å². The number of nitrogens with zero attached hydrogens (tertiary/aromatic N) is 6. The topological polar surface area (TPSA) is 97.0 Å². The van der Waals surface area contributed by atoms with Crippen LogP contribution < -0.4 is 15.2 Å². The molecule has 0 spiro atoms. The van der Waals surface area contributed by atoms with Crippen molar-refractivity contribution in [2.24, 2.45) is 7.05 Å². The van der Waals surface area contributed by atoms with Crippen molar-refractivity contribution in [3.05, 3.63) is 82.0 Å². The van der Waals surface area contributed by atoms with Crippen LogP contribution in [0.3, 0.4) is 0 Å². The molecule has 152 valence electrons. The highest BCUT2D eigenvalue weighted by atomic mass is 16.5. The average Bonchev–Trinajstić information content (AvgIpc) is 3.07. The molecule has 9 heteroatoms. The first-order valence-electron chi connectivity index (χ1n) is 9.29. The lowest BCUT2D eigenvalue weighted by atomic mass is 10.1. The molecule has 0 bridgehead atoms. The van der Waals surface area contributed by atoms with Gasteiger partial charge in [0.2, 0.25) is 0 Å². The van der Waals surface area contributed by atoms with Gasteiger partial charge in [-0.2, -0.15) is 9.36 Å². The van der Waals surface area contributed by atoms with Gasteiger partial charge in [0.05, 0.1) is 5.69 Å². The SMILES string of the molecule is Cc1cc(Oc2ncccn2)ccc1OCc1c(C)cccc1-n1nnn(C)c1=O. The van der Waals surface area contributed by atoms with Crippen molar-refractivity contribution in [3.8, 4) is 23.2 Å². The van der Waals surface area contributed by atoms with Gasteiger partial charge < -0.3 is 9.47 Å². The van der Waals surface area contributed by atoms with Gasteiger partial charge >= 0.3 is 11.7 Å². The highest BCUT2D eigenvalue weighted by molar-refractivity contribution is 5.45. The summed E-state index contributed by atoms with van der Waals surface area (Å²) in [5, 5.41) is 7.74. The summed E-state index contributed by atoms with van der Waals surface area (Å²) in [5.41, 5.74) is 3.08. The molecule has 0 aliphatic carbocycles. The lowest BCUT2D eigenvalue weighted by Gasteiger charge is -2.14. The Morgan fingerprint density at radius 2 is 1.77 bits per heavy atom. The first-order chi connectivity index (χ1) is 14.5. The lowest BCUT2D eigenvalue weighted by Crippen LogP contribution is -2.23. The predicted molar refractivity (Wildman–Crippen MR) is 109 cm³/mol. The fourth-order valence-electron chi connectivity index (χ4n) is 2.98. The van der Waals surface area contributed by atoms with Crippen molar-refractivity contribution in [2.75, 3.05) is 0 Å². The van der Waals surface area contributed by atoms with Crippen molar-refractivity contribution in [2.45, 2.75) is 20.5 Å². The van der Waals surface area contributed by atoms with Crippen molar-refractivity contribution in [1.29, 1.82) is 0 Å². The minimum Gasteiger partial charge on any atom is -0.489 e. The zero-order valence-corrected chi connectivity index (χ0v) is 16.8. The highest BCUT2D eigenvalue weighted by Gasteiger charge is 2.14. The maximum absolute atomic E-state index is 12.3. The lowest BCUT2D eigenvalue weighted by molar-refractivity contribution is 0.302. The molecule has 0 N–H and O–H groups in total. The van der Waals surface area contributed by atoms with E-state index in [1.165, 1.54) is 9.36 Å². The second-order valence-electron chi connectivity index (χ2n) is 6.72. The van der Waals surface area contributed by atoms with Crippen LogP contribution in [0.5, 0.6) is 17.5 Å². The summed E-state index contributed by atoms with van der Waals surface area (Å²) < 4.78 is 14.2. The van der Waals surface area contributed by atoms with Crippen LogP contribution in [0.25, 0.3) is 5.69 Å². The number of tetrazole rings is 1. The molecule has 4 rings (SSSR count). The molecule has 0 saturated heterocycles. The van der Waals surface area contributed by atoms with Crippen LogP contribution in [0.1, 0.15) is 16.7 Å². The first-order valence-corrected chi connectivity index (χ1v) is 9.29. The molecule has 2 aromatic carbocycles. The van der Waals surface area contributed by atoms with Crippen molar-refractivity contribution < 1.29 is 9.47 Å². The van der Waals surface area contributed by atoms with Crippen LogP contribution in [-0.2, 0) is 13.7 Å². The molecular formula is C21H20N6O3. The predicted octanol–water partition coefficient (Wildman–Crippen LogP) is 2.74. The Morgan fingerprint density at radius 1 is 0.967 bits per heavy atom. The molecule has 4 aromatic rings. The molecule has 0 aliphatic rings. The largest absolute Gasteiger partial charge is 0.489 e. The Balaban J connectivity index is 1.55. The van der Waals surface area contributed by atoms with Crippen molar-refractivity contribution in [1.82, 2.24) is 29.8 Å². The summed E-state index contributed by atoms with van der Waals surface area (Å²) in [4.78, 5) is 20.4. The number of ether oxygens (including phenoxy) is 2. The van der Waals surface area contributed by atoms with E-state index in [-0.39, 0.29) is 18.3 Å². The van der Waals surface area contributed by atoms with E-state index in [1.807, 2.05) is 44.2 Å². The number of aromatic nitrogens is 6. The molecule has 0 aliphatic heterocycles. The summed E-state index contributed by atoms with van der Waals surface area (Å²) in [6.45, 7) is 4.17. The van der Waals surface area contributed by atoms with Gasteiger partial charge in [-0.25, -0.2) is 14.8 Å². The highest BCUT2D eigenvalue weighted by Crippen LogP contribution is 2.27. The van der Waals surface area contributed by atoms with Crippen LogP contribution in [0.2, 0.25) is 0 Å². The Kier molecular flexibility index (Phi) is 5.25. The molecule has 0 unspecified atom stereocenters. The monoisotopic (exact) mass is 404 g/mol. The summed E-state index contributed by atoms with van der Waals surface area (Å²) in [6.07, 6.45) is 3.24. The van der Waals surface area contributed by atoms with E-state index in [0.717, 1.165) is 16.7 Å². The van der Waals surface area contributed by atoms with Crippen molar-refractivity contribution in [3.63, 3.8) is 0 Å². The number of rotatable bonds is 6. The van der Waals surface area contributed by atoms with Gasteiger partial charge in [0, 0.05) is 25.0 Å². The van der Waals surface area contributed by atoms with E-state index in [4.69, 9.17) is 9.47 Å². The van der Waals surface area contributed by atoms with Crippen LogP contribution >= 0.6 is 0 Å². The first kappa shape index (κ1) is 19.3. The zero-order chi connectivity index (χ0) is 21.1. The third kappa shape index (κ3) is 3.90. The maximum Gasteiger partial charge on any atom is 0.368 e. The van der Waals surface area contributed by atoms with E-state index >= 15 is 0 Å². The number of benzene rings is 2. The average molecular weight is 404 g/mol. The van der Waals surface area contributed by atoms with Crippen LogP contribution in [0, 0.1) is 13.8 Å². The van der Waals surface area contributed by atoms with Crippen LogP contribution in [0.15, 0.2) is 59.7 Å². The molecule has 2 heterocycles. The van der Waals surface area contributed by atoms with Crippen LogP contribution in [-0.4, -0.2) is 29.8 Å². The van der Waals surface area contributed by atoms with E-state index < -0.39 is 0 Å². The minimum atomic E-state index is -0.317. The third-order valence-electron chi connectivity index (χ3n) is 4.60. The summed E-state index contributed by atoms with van der Waals surface area (Å²) >= 11 is 0. The Bertz CT molecular complexity index is 1230. The van der Waals surface area contributed by atoms with Gasteiger partial charge in [0.1, 0.15) is 18.1 Å². The normalized spacial score (nSPS) is 10.8. The van der Waals surface area contributed by atoms with Crippen molar-refractivity contribution >= 4 is 0 Å². The molecule has 0 atom stereocenters. The number of hydrogen-bond acceptors (Lipinski definition) is 7. The molecule has 0 fully saturated rings. The van der Waals surface area contributed by atoms with Gasteiger partial charge in [0.25, 0.3) is 0 Å². The van der Waals surface area contributed by atoms with Gasteiger partial charge in [-0.1, -0.05) is 12.1 Å². The summed E-state index contributed by atoms with van der Waals surface area (Å²) in [5.74, 6) is 1.32. The molecule has 30 heavy (non-hydrogen) atoms. The Labute approximate surface area is 172 Å². The minimum absolute atomic E-state index is 0.272. The summed E-state index contributed by atoms with van der Waals surface area (Å²) in [7, 11) is 1.56. The fraction of sp³-hybridized carbons (Fsp3) is 0.190. The molecule has 2 aromatic heterocycles. The molecule has 0 radical (unpaired) electrons. The Morgan fingerprint density at radius 3 is 2.47 bits per heavy atom. The standard InChI is InChI=1S/C21H20N6O3/c1-14-6-4-7-18(27-21(28)26(3)24-25-27)17(14)13-29-19-9-8-16(12-15(19)2)30-20-22-10-5-11-23-20/h4-12H,13H2,1-3H3. The third-order valence-corrected chi connectivity index (χ3v) is 4.60. The van der Waals surface area contributed by atoms with Crippen LogP contribution in [0.4, 0.5) is 0 Å². The van der Waals surface area contributed by atoms with Gasteiger partial charge in [-0.3, -0.25) is 0 Å². The quantitative estimate of drug-likeness (QED) is 0.487. The number of hydrogen-bond donors (Lipinski definition) is 0. The second-order valence-corrected chi connectivity index (χ2v) is 6.72. The van der Waals surface area contributed by atoms with Gasteiger partial charge in [-0.05, 0) is 65.7 Å². The van der Waals surface area contributed by atoms with E-state index in [9.17, 15) is 4.79 Å². The molecular weight excluding hydrogens is 384 g/mol. The van der Waals surface area contributed by atoms with E-state index in [0.29, 0.717) is 17.2 Å². The number of aryl methyl sites for hydroxylation is 3. The molecule has 0 saturated carbocycles. The smallest absolute Gasteiger partial charge is 0.368 e. The Hall–Kier alpha value is -4.01. The fourth-order valence-corrected chi connectivity index (χ4v) is 2.98.